The van der Waals surface area contributed by atoms with Crippen LogP contribution >= 0.6 is 11.6 Å². The van der Waals surface area contributed by atoms with Gasteiger partial charge in [0.1, 0.15) is 28.1 Å². The van der Waals surface area contributed by atoms with Gasteiger partial charge < -0.3 is 19.9 Å². The van der Waals surface area contributed by atoms with Gasteiger partial charge in [-0.05, 0) is 18.2 Å². The number of anilines is 1. The largest absolute Gasteiger partial charge is 0.495 e. The fourth-order valence-corrected chi connectivity index (χ4v) is 2.63. The number of fused-ring (bicyclic) bond motifs is 1. The van der Waals surface area contributed by atoms with Crippen LogP contribution in [0, 0.1) is 5.82 Å². The van der Waals surface area contributed by atoms with Crippen LogP contribution in [0.4, 0.5) is 10.1 Å². The molecule has 0 radical (unpaired) electrons. The third-order valence-electron chi connectivity index (χ3n) is 3.48. The number of benzene rings is 2. The van der Waals surface area contributed by atoms with Gasteiger partial charge in [0.15, 0.2) is 5.75 Å². The van der Waals surface area contributed by atoms with Crippen molar-refractivity contribution in [2.45, 2.75) is 0 Å². The maximum absolute atomic E-state index is 13.6. The van der Waals surface area contributed by atoms with E-state index in [9.17, 15) is 4.39 Å². The summed E-state index contributed by atoms with van der Waals surface area (Å²) in [5.74, 6) is 0.959. The molecular formula is C17H14ClFN2O3. The Labute approximate surface area is 142 Å². The van der Waals surface area contributed by atoms with Crippen molar-refractivity contribution >= 4 is 28.2 Å². The molecule has 0 fully saturated rings. The van der Waals surface area contributed by atoms with Gasteiger partial charge in [0, 0.05) is 18.3 Å². The van der Waals surface area contributed by atoms with Crippen LogP contribution in [0.2, 0.25) is 5.02 Å². The van der Waals surface area contributed by atoms with Crippen LogP contribution in [0.3, 0.4) is 0 Å². The molecule has 24 heavy (non-hydrogen) atoms. The summed E-state index contributed by atoms with van der Waals surface area (Å²) in [5.41, 5.74) is 6.10. The predicted molar refractivity (Wildman–Crippen MR) is 90.7 cm³/mol. The Hall–Kier alpha value is -2.73. The average molecular weight is 349 g/mol. The first-order valence-corrected chi connectivity index (χ1v) is 7.35. The van der Waals surface area contributed by atoms with Crippen LogP contribution in [-0.4, -0.2) is 19.2 Å². The summed E-state index contributed by atoms with van der Waals surface area (Å²) in [7, 11) is 2.99. The third kappa shape index (κ3) is 2.76. The van der Waals surface area contributed by atoms with Crippen molar-refractivity contribution in [1.29, 1.82) is 0 Å². The highest BCUT2D eigenvalue weighted by molar-refractivity contribution is 6.35. The first kappa shape index (κ1) is 16.1. The van der Waals surface area contributed by atoms with E-state index in [0.717, 1.165) is 0 Å². The smallest absolute Gasteiger partial charge is 0.154 e. The quantitative estimate of drug-likeness (QED) is 0.707. The van der Waals surface area contributed by atoms with Crippen LogP contribution < -0.4 is 19.9 Å². The van der Waals surface area contributed by atoms with Crippen molar-refractivity contribution in [3.05, 3.63) is 47.4 Å². The standard InChI is InChI=1S/C17H14ClFN2O3/c1-22-14-8-12-15(17(23-2)16(14)18)13(5-6-21-12)24-9-3-4-11(20)10(19)7-9/h3-8H,20H2,1-2H3. The van der Waals surface area contributed by atoms with Crippen LogP contribution in [0.15, 0.2) is 36.5 Å². The van der Waals surface area contributed by atoms with Crippen molar-refractivity contribution in [1.82, 2.24) is 4.98 Å². The minimum atomic E-state index is -0.558. The molecule has 0 spiro atoms. The van der Waals surface area contributed by atoms with Gasteiger partial charge in [-0.3, -0.25) is 4.98 Å². The summed E-state index contributed by atoms with van der Waals surface area (Å²) in [6.07, 6.45) is 1.57. The summed E-state index contributed by atoms with van der Waals surface area (Å²) in [6, 6.07) is 7.53. The molecule has 0 amide bonds. The van der Waals surface area contributed by atoms with E-state index < -0.39 is 5.82 Å². The number of hydrogen-bond donors (Lipinski definition) is 1. The summed E-state index contributed by atoms with van der Waals surface area (Å²) in [6.45, 7) is 0. The summed E-state index contributed by atoms with van der Waals surface area (Å²) >= 11 is 6.30. The highest BCUT2D eigenvalue weighted by Crippen LogP contribution is 2.44. The van der Waals surface area contributed by atoms with Crippen LogP contribution in [-0.2, 0) is 0 Å². The van der Waals surface area contributed by atoms with Gasteiger partial charge in [-0.1, -0.05) is 11.6 Å². The molecule has 0 unspecified atom stereocenters. The van der Waals surface area contributed by atoms with E-state index in [1.165, 1.54) is 26.4 Å². The lowest BCUT2D eigenvalue weighted by Gasteiger charge is -2.15. The highest BCUT2D eigenvalue weighted by Gasteiger charge is 2.18. The Balaban J connectivity index is 2.17. The number of nitrogens with two attached hydrogens (primary N) is 1. The van der Waals surface area contributed by atoms with E-state index >= 15 is 0 Å². The van der Waals surface area contributed by atoms with Gasteiger partial charge >= 0.3 is 0 Å². The number of pyridine rings is 1. The number of halogens is 2. The van der Waals surface area contributed by atoms with Gasteiger partial charge in [-0.2, -0.15) is 0 Å². The number of hydrogen-bond acceptors (Lipinski definition) is 5. The average Bonchev–Trinajstić information content (AvgIpc) is 2.58. The second kappa shape index (κ2) is 6.41. The Morgan fingerprint density at radius 2 is 1.88 bits per heavy atom. The lowest BCUT2D eigenvalue weighted by atomic mass is 10.1. The van der Waals surface area contributed by atoms with E-state index in [-0.39, 0.29) is 5.69 Å². The molecule has 2 aromatic carbocycles. The van der Waals surface area contributed by atoms with Gasteiger partial charge in [-0.15, -0.1) is 0 Å². The molecule has 2 N–H and O–H groups in total. The highest BCUT2D eigenvalue weighted by atomic mass is 35.5. The first-order valence-electron chi connectivity index (χ1n) is 6.97. The van der Waals surface area contributed by atoms with Crippen LogP contribution in [0.1, 0.15) is 0 Å². The molecule has 7 heteroatoms. The van der Waals surface area contributed by atoms with Crippen molar-refractivity contribution in [2.75, 3.05) is 20.0 Å². The molecule has 3 aromatic rings. The zero-order valence-corrected chi connectivity index (χ0v) is 13.7. The number of nitrogens with zero attached hydrogens (tertiary/aromatic N) is 1. The molecule has 1 heterocycles. The molecule has 1 aromatic heterocycles. The van der Waals surface area contributed by atoms with E-state index in [2.05, 4.69) is 4.98 Å². The monoisotopic (exact) mass is 348 g/mol. The van der Waals surface area contributed by atoms with Crippen LogP contribution in [0.25, 0.3) is 10.9 Å². The second-order valence-corrected chi connectivity index (χ2v) is 5.29. The fourth-order valence-electron chi connectivity index (χ4n) is 2.33. The van der Waals surface area contributed by atoms with Gasteiger partial charge in [-0.25, -0.2) is 4.39 Å². The van der Waals surface area contributed by atoms with Crippen molar-refractivity contribution in [3.8, 4) is 23.0 Å². The zero-order chi connectivity index (χ0) is 17.3. The van der Waals surface area contributed by atoms with Crippen molar-refractivity contribution in [2.24, 2.45) is 0 Å². The Morgan fingerprint density at radius 1 is 1.08 bits per heavy atom. The molecule has 124 valence electrons. The molecule has 0 aliphatic heterocycles. The fraction of sp³-hybridized carbons (Fsp3) is 0.118. The first-order chi connectivity index (χ1) is 11.5. The number of aromatic nitrogens is 1. The minimum absolute atomic E-state index is 0.0484. The Bertz CT molecular complexity index is 918. The lowest BCUT2D eigenvalue weighted by Crippen LogP contribution is -1.96. The Morgan fingerprint density at radius 3 is 2.54 bits per heavy atom. The Kier molecular flexibility index (Phi) is 4.31. The van der Waals surface area contributed by atoms with Gasteiger partial charge in [0.2, 0.25) is 0 Å². The zero-order valence-electron chi connectivity index (χ0n) is 13.0. The number of rotatable bonds is 4. The molecule has 0 bridgehead atoms. The van der Waals surface area contributed by atoms with E-state index in [4.69, 9.17) is 31.5 Å². The van der Waals surface area contributed by atoms with Gasteiger partial charge in [0.05, 0.1) is 30.8 Å². The molecule has 0 aliphatic rings. The molecular weight excluding hydrogens is 335 g/mol. The summed E-state index contributed by atoms with van der Waals surface area (Å²) in [5, 5.41) is 0.858. The maximum atomic E-state index is 13.6. The minimum Gasteiger partial charge on any atom is -0.495 e. The molecule has 3 rings (SSSR count). The lowest BCUT2D eigenvalue weighted by molar-refractivity contribution is 0.397. The van der Waals surface area contributed by atoms with E-state index in [1.807, 2.05) is 0 Å². The van der Waals surface area contributed by atoms with E-state index in [0.29, 0.717) is 38.9 Å². The summed E-state index contributed by atoms with van der Waals surface area (Å²) < 4.78 is 30.0. The van der Waals surface area contributed by atoms with E-state index in [1.54, 1.807) is 24.4 Å². The topological polar surface area (TPSA) is 66.6 Å². The molecule has 0 saturated carbocycles. The van der Waals surface area contributed by atoms with Crippen LogP contribution in [0.5, 0.6) is 23.0 Å². The number of methoxy groups -OCH3 is 2. The summed E-state index contributed by atoms with van der Waals surface area (Å²) in [4.78, 5) is 4.28. The second-order valence-electron chi connectivity index (χ2n) is 4.91. The van der Waals surface area contributed by atoms with Gasteiger partial charge in [0.25, 0.3) is 0 Å². The normalized spacial score (nSPS) is 10.7. The molecule has 0 atom stereocenters. The van der Waals surface area contributed by atoms with Crippen molar-refractivity contribution in [3.63, 3.8) is 0 Å². The number of ether oxygens (including phenoxy) is 3. The molecule has 0 saturated heterocycles. The SMILES string of the molecule is COc1cc2nccc(Oc3ccc(N)c(F)c3)c2c(OC)c1Cl. The number of nitrogen functional groups attached to an aromatic ring is 1. The predicted octanol–water partition coefficient (Wildman–Crippen LogP) is 4.42. The molecule has 0 aliphatic carbocycles. The third-order valence-corrected chi connectivity index (χ3v) is 3.83. The maximum Gasteiger partial charge on any atom is 0.154 e. The van der Waals surface area contributed by atoms with Crippen molar-refractivity contribution < 1.29 is 18.6 Å². The molecule has 5 nitrogen and oxygen atoms in total.